The second-order valence-electron chi connectivity index (χ2n) is 4.11. The minimum absolute atomic E-state index is 0.0575. The number of carbonyl (C=O) groups is 2. The zero-order valence-corrected chi connectivity index (χ0v) is 10.9. The normalized spacial score (nSPS) is 10.5. The third kappa shape index (κ3) is 3.70. The van der Waals surface area contributed by atoms with Crippen LogP contribution in [0.4, 0.5) is 0 Å². The van der Waals surface area contributed by atoms with E-state index in [1.54, 1.807) is 42.5 Å². The lowest BCUT2D eigenvalue weighted by atomic mass is 10.0. The molecule has 0 aliphatic heterocycles. The number of ether oxygens (including phenoxy) is 1. The van der Waals surface area contributed by atoms with Crippen LogP contribution in [0.1, 0.15) is 0 Å². The number of esters is 1. The Kier molecular flexibility index (Phi) is 4.36. The topological polar surface area (TPSA) is 83.8 Å². The van der Waals surface area contributed by atoms with Crippen molar-refractivity contribution in [1.82, 2.24) is 0 Å². The number of phenols is 1. The van der Waals surface area contributed by atoms with E-state index in [9.17, 15) is 14.7 Å². The van der Waals surface area contributed by atoms with Crippen LogP contribution in [0, 0.1) is 0 Å². The second kappa shape index (κ2) is 6.38. The van der Waals surface area contributed by atoms with Crippen LogP contribution >= 0.6 is 0 Å². The molecule has 5 heteroatoms. The molecule has 0 spiro atoms. The molecule has 0 heterocycles. The van der Waals surface area contributed by atoms with Crippen molar-refractivity contribution in [3.05, 3.63) is 60.7 Å². The van der Waals surface area contributed by atoms with Gasteiger partial charge in [-0.25, -0.2) is 9.59 Å². The summed E-state index contributed by atoms with van der Waals surface area (Å²) in [7, 11) is 0. The molecule has 106 valence electrons. The van der Waals surface area contributed by atoms with Crippen LogP contribution in [0.2, 0.25) is 0 Å². The van der Waals surface area contributed by atoms with Gasteiger partial charge in [0.25, 0.3) is 0 Å². The van der Waals surface area contributed by atoms with Gasteiger partial charge in [-0.1, -0.05) is 36.4 Å². The summed E-state index contributed by atoms with van der Waals surface area (Å²) in [5.41, 5.74) is 1.05. The van der Waals surface area contributed by atoms with Gasteiger partial charge in [-0.2, -0.15) is 0 Å². The monoisotopic (exact) mass is 284 g/mol. The first kappa shape index (κ1) is 14.3. The number of aliphatic carboxylic acids is 1. The fourth-order valence-corrected chi connectivity index (χ4v) is 1.76. The Hall–Kier alpha value is -3.08. The Balaban J connectivity index is 2.32. The summed E-state index contributed by atoms with van der Waals surface area (Å²) in [5, 5.41) is 18.3. The minimum Gasteiger partial charge on any atom is -0.507 e. The minimum atomic E-state index is -1.24. The van der Waals surface area contributed by atoms with Crippen LogP contribution in [-0.4, -0.2) is 22.2 Å². The van der Waals surface area contributed by atoms with E-state index in [2.05, 4.69) is 0 Å². The van der Waals surface area contributed by atoms with Gasteiger partial charge in [0.2, 0.25) is 0 Å². The molecule has 2 aromatic carbocycles. The third-order valence-electron chi connectivity index (χ3n) is 2.65. The van der Waals surface area contributed by atoms with Crippen LogP contribution in [0.3, 0.4) is 0 Å². The quantitative estimate of drug-likeness (QED) is 0.512. The van der Waals surface area contributed by atoms with Crippen molar-refractivity contribution in [3.8, 4) is 22.6 Å². The highest BCUT2D eigenvalue weighted by Gasteiger charge is 2.11. The number of para-hydroxylation sites is 2. The second-order valence-corrected chi connectivity index (χ2v) is 4.11. The number of rotatable bonds is 4. The zero-order valence-electron chi connectivity index (χ0n) is 10.9. The first-order valence-electron chi connectivity index (χ1n) is 6.08. The molecule has 2 aromatic rings. The Morgan fingerprint density at radius 1 is 0.905 bits per heavy atom. The van der Waals surface area contributed by atoms with Gasteiger partial charge in [0.15, 0.2) is 0 Å². The summed E-state index contributed by atoms with van der Waals surface area (Å²) in [6.45, 7) is 0. The van der Waals surface area contributed by atoms with Crippen molar-refractivity contribution in [1.29, 1.82) is 0 Å². The highest BCUT2D eigenvalue weighted by molar-refractivity contribution is 5.92. The number of hydrogen-bond donors (Lipinski definition) is 2. The fraction of sp³-hybridized carbons (Fsp3) is 0. The third-order valence-corrected chi connectivity index (χ3v) is 2.65. The highest BCUT2D eigenvalue weighted by atomic mass is 16.5. The van der Waals surface area contributed by atoms with Crippen LogP contribution in [0.25, 0.3) is 11.1 Å². The molecule has 5 nitrogen and oxygen atoms in total. The van der Waals surface area contributed by atoms with Crippen molar-refractivity contribution in [2.75, 3.05) is 0 Å². The van der Waals surface area contributed by atoms with Gasteiger partial charge in [-0.05, 0) is 12.1 Å². The summed E-state index contributed by atoms with van der Waals surface area (Å²) < 4.78 is 5.11. The highest BCUT2D eigenvalue weighted by Crippen LogP contribution is 2.35. The van der Waals surface area contributed by atoms with E-state index in [1.165, 1.54) is 6.07 Å². The maximum Gasteiger partial charge on any atom is 0.336 e. The molecule has 0 saturated carbocycles. The van der Waals surface area contributed by atoms with E-state index in [0.717, 1.165) is 6.08 Å². The molecule has 0 radical (unpaired) electrons. The largest absolute Gasteiger partial charge is 0.507 e. The molecule has 0 aromatic heterocycles. The van der Waals surface area contributed by atoms with Crippen molar-refractivity contribution in [3.63, 3.8) is 0 Å². The van der Waals surface area contributed by atoms with Gasteiger partial charge < -0.3 is 14.9 Å². The van der Waals surface area contributed by atoms with Crippen LogP contribution < -0.4 is 4.74 Å². The molecule has 0 saturated heterocycles. The van der Waals surface area contributed by atoms with Crippen molar-refractivity contribution in [2.24, 2.45) is 0 Å². The molecule has 0 aliphatic carbocycles. The predicted molar refractivity (Wildman–Crippen MR) is 76.0 cm³/mol. The van der Waals surface area contributed by atoms with E-state index in [0.29, 0.717) is 17.2 Å². The first-order chi connectivity index (χ1) is 10.1. The van der Waals surface area contributed by atoms with E-state index < -0.39 is 11.9 Å². The van der Waals surface area contributed by atoms with Crippen LogP contribution in [-0.2, 0) is 9.59 Å². The molecular weight excluding hydrogens is 272 g/mol. The zero-order chi connectivity index (χ0) is 15.2. The smallest absolute Gasteiger partial charge is 0.336 e. The molecule has 0 atom stereocenters. The van der Waals surface area contributed by atoms with Crippen molar-refractivity contribution < 1.29 is 24.5 Å². The Morgan fingerprint density at radius 3 is 2.19 bits per heavy atom. The number of carboxylic acids is 1. The number of benzene rings is 2. The Bertz CT molecular complexity index is 703. The van der Waals surface area contributed by atoms with Gasteiger partial charge in [-0.3, -0.25) is 0 Å². The van der Waals surface area contributed by atoms with Gasteiger partial charge >= 0.3 is 11.9 Å². The van der Waals surface area contributed by atoms with Crippen LogP contribution in [0.15, 0.2) is 60.7 Å². The summed E-state index contributed by atoms with van der Waals surface area (Å²) in [5.74, 6) is -1.75. The fourth-order valence-electron chi connectivity index (χ4n) is 1.76. The van der Waals surface area contributed by atoms with Crippen LogP contribution in [0.5, 0.6) is 11.5 Å². The van der Waals surface area contributed by atoms with Gasteiger partial charge in [0.05, 0.1) is 0 Å². The van der Waals surface area contributed by atoms with Gasteiger partial charge in [-0.15, -0.1) is 0 Å². The number of hydrogen-bond acceptors (Lipinski definition) is 4. The Labute approximate surface area is 120 Å². The molecule has 0 aliphatic rings. The number of carbonyl (C=O) groups excluding carboxylic acids is 1. The molecule has 0 amide bonds. The number of aromatic hydroxyl groups is 1. The molecule has 2 rings (SSSR count). The maximum absolute atomic E-state index is 11.6. The van der Waals surface area contributed by atoms with E-state index in [-0.39, 0.29) is 11.5 Å². The van der Waals surface area contributed by atoms with Gasteiger partial charge in [0.1, 0.15) is 11.5 Å². The molecule has 0 fully saturated rings. The average Bonchev–Trinajstić information content (AvgIpc) is 2.46. The lowest BCUT2D eigenvalue weighted by molar-refractivity contribution is -0.133. The average molecular weight is 284 g/mol. The molecule has 0 bridgehead atoms. The molecule has 21 heavy (non-hydrogen) atoms. The van der Waals surface area contributed by atoms with E-state index in [4.69, 9.17) is 9.84 Å². The summed E-state index contributed by atoms with van der Waals surface area (Å²) >= 11 is 0. The number of phenolic OH excluding ortho intramolecular Hbond substituents is 1. The lowest BCUT2D eigenvalue weighted by Crippen LogP contribution is -2.05. The first-order valence-corrected chi connectivity index (χ1v) is 6.08. The molecule has 0 unspecified atom stereocenters. The van der Waals surface area contributed by atoms with E-state index in [1.807, 2.05) is 0 Å². The summed E-state index contributed by atoms with van der Waals surface area (Å²) in [6.07, 6.45) is 1.52. The van der Waals surface area contributed by atoms with Crippen molar-refractivity contribution >= 4 is 11.9 Å². The summed E-state index contributed by atoms with van der Waals surface area (Å²) in [4.78, 5) is 21.9. The maximum atomic E-state index is 11.6. The predicted octanol–water partition coefficient (Wildman–Crippen LogP) is 2.61. The molecular formula is C16H12O5. The van der Waals surface area contributed by atoms with Gasteiger partial charge in [0, 0.05) is 23.3 Å². The van der Waals surface area contributed by atoms with Crippen molar-refractivity contribution in [2.45, 2.75) is 0 Å². The van der Waals surface area contributed by atoms with E-state index >= 15 is 0 Å². The standard InChI is InChI=1S/C16H12O5/c17-13-7-3-1-5-11(13)12-6-2-4-8-14(12)21-16(20)10-9-15(18)19/h1-10,17H,(H,18,19). The SMILES string of the molecule is O=C(O)C=CC(=O)Oc1ccccc1-c1ccccc1O. The Morgan fingerprint density at radius 2 is 1.52 bits per heavy atom. The number of carboxylic acid groups (broad SMARTS) is 1. The summed E-state index contributed by atoms with van der Waals surface area (Å²) in [6, 6.07) is 13.3. The molecule has 2 N–H and O–H groups in total. The lowest BCUT2D eigenvalue weighted by Gasteiger charge is -2.10.